The summed E-state index contributed by atoms with van der Waals surface area (Å²) in [6, 6.07) is 0.605. The lowest BCUT2D eigenvalue weighted by molar-refractivity contribution is 0.467. The zero-order chi connectivity index (χ0) is 13.9. The Hall–Kier alpha value is -1.49. The Bertz CT molecular complexity index is 568. The molecule has 0 aromatic carbocycles. The topological polar surface area (TPSA) is 47.7 Å². The summed E-state index contributed by atoms with van der Waals surface area (Å²) in [7, 11) is 0. The van der Waals surface area contributed by atoms with Gasteiger partial charge in [0.05, 0.1) is 36.4 Å². The van der Waals surface area contributed by atoms with Crippen LogP contribution in [0.2, 0.25) is 0 Å². The van der Waals surface area contributed by atoms with Crippen LogP contribution < -0.4 is 5.32 Å². The van der Waals surface area contributed by atoms with Crippen LogP contribution in [0.25, 0.3) is 0 Å². The molecular formula is C15H24ClN5. The van der Waals surface area contributed by atoms with Crippen LogP contribution >= 0.6 is 12.4 Å². The van der Waals surface area contributed by atoms with Crippen LogP contribution in [-0.4, -0.2) is 19.6 Å². The van der Waals surface area contributed by atoms with Crippen molar-refractivity contribution in [3.63, 3.8) is 0 Å². The first-order valence-corrected chi connectivity index (χ1v) is 7.57. The minimum Gasteiger partial charge on any atom is -0.377 e. The first kappa shape index (κ1) is 15.9. The van der Waals surface area contributed by atoms with E-state index in [1.165, 1.54) is 36.9 Å². The van der Waals surface area contributed by atoms with Gasteiger partial charge in [-0.05, 0) is 32.3 Å². The second-order valence-electron chi connectivity index (χ2n) is 5.59. The van der Waals surface area contributed by atoms with E-state index in [2.05, 4.69) is 40.2 Å². The maximum atomic E-state index is 4.49. The lowest BCUT2D eigenvalue weighted by Gasteiger charge is -2.09. The van der Waals surface area contributed by atoms with E-state index in [1.807, 2.05) is 17.1 Å². The molecule has 2 aromatic rings. The van der Waals surface area contributed by atoms with Crippen LogP contribution in [0.1, 0.15) is 49.9 Å². The maximum absolute atomic E-state index is 4.49. The van der Waals surface area contributed by atoms with Gasteiger partial charge in [-0.15, -0.1) is 12.4 Å². The molecule has 1 fully saturated rings. The number of hydrogen-bond acceptors (Lipinski definition) is 3. The van der Waals surface area contributed by atoms with Crippen LogP contribution in [0.4, 0.5) is 5.69 Å². The molecule has 6 heteroatoms. The molecule has 0 aliphatic heterocycles. The van der Waals surface area contributed by atoms with Crippen molar-refractivity contribution in [1.82, 2.24) is 19.6 Å². The van der Waals surface area contributed by atoms with E-state index >= 15 is 0 Å². The lowest BCUT2D eigenvalue weighted by Crippen LogP contribution is -2.09. The summed E-state index contributed by atoms with van der Waals surface area (Å²) in [5.74, 6) is 0. The normalized spacial score (nSPS) is 15.1. The van der Waals surface area contributed by atoms with Gasteiger partial charge in [0.25, 0.3) is 0 Å². The number of halogens is 1. The molecule has 1 aliphatic rings. The van der Waals surface area contributed by atoms with Gasteiger partial charge in [0.1, 0.15) is 0 Å². The van der Waals surface area contributed by atoms with Gasteiger partial charge >= 0.3 is 0 Å². The third-order valence-corrected chi connectivity index (χ3v) is 4.22. The smallest absolute Gasteiger partial charge is 0.0729 e. The molecule has 1 aliphatic carbocycles. The summed E-state index contributed by atoms with van der Waals surface area (Å²) >= 11 is 0. The molecule has 2 aromatic heterocycles. The van der Waals surface area contributed by atoms with Gasteiger partial charge in [-0.2, -0.15) is 10.2 Å². The zero-order valence-corrected chi connectivity index (χ0v) is 13.6. The summed E-state index contributed by atoms with van der Waals surface area (Å²) in [6.45, 7) is 5.94. The highest BCUT2D eigenvalue weighted by Crippen LogP contribution is 2.29. The van der Waals surface area contributed by atoms with Crippen LogP contribution in [0, 0.1) is 6.92 Å². The summed E-state index contributed by atoms with van der Waals surface area (Å²) in [5, 5.41) is 12.3. The fourth-order valence-corrected chi connectivity index (χ4v) is 2.99. The molecule has 0 saturated heterocycles. The Labute approximate surface area is 132 Å². The molecule has 0 spiro atoms. The van der Waals surface area contributed by atoms with Crippen LogP contribution in [-0.2, 0) is 13.1 Å². The van der Waals surface area contributed by atoms with E-state index in [0.717, 1.165) is 18.8 Å². The molecule has 0 amide bonds. The minimum atomic E-state index is 0. The number of rotatable bonds is 5. The van der Waals surface area contributed by atoms with E-state index in [1.54, 1.807) is 0 Å². The Morgan fingerprint density at radius 1 is 1.24 bits per heavy atom. The first-order chi connectivity index (χ1) is 9.78. The van der Waals surface area contributed by atoms with E-state index in [-0.39, 0.29) is 12.4 Å². The Balaban J connectivity index is 0.00000161. The van der Waals surface area contributed by atoms with E-state index in [4.69, 9.17) is 0 Å². The fourth-order valence-electron chi connectivity index (χ4n) is 2.99. The molecule has 21 heavy (non-hydrogen) atoms. The summed E-state index contributed by atoms with van der Waals surface area (Å²) < 4.78 is 4.17. The molecule has 0 atom stereocenters. The van der Waals surface area contributed by atoms with Crippen molar-refractivity contribution in [2.24, 2.45) is 0 Å². The largest absolute Gasteiger partial charge is 0.377 e. The summed E-state index contributed by atoms with van der Waals surface area (Å²) in [4.78, 5) is 0. The SMILES string of the molecule is CCn1ncc(C)c1CNc1cnn(C2CCCC2)c1.Cl. The van der Waals surface area contributed by atoms with Crippen molar-refractivity contribution in [3.8, 4) is 0 Å². The predicted octanol–water partition coefficient (Wildman–Crippen LogP) is 3.56. The molecule has 3 rings (SSSR count). The average Bonchev–Trinajstić information content (AvgIpc) is 3.17. The van der Waals surface area contributed by atoms with Gasteiger partial charge in [0.15, 0.2) is 0 Å². The fraction of sp³-hybridized carbons (Fsp3) is 0.600. The number of nitrogens with zero attached hydrogens (tertiary/aromatic N) is 4. The Morgan fingerprint density at radius 3 is 2.71 bits per heavy atom. The second kappa shape index (κ2) is 6.98. The standard InChI is InChI=1S/C15H23N5.ClH/c1-3-19-15(12(2)8-17-19)10-16-13-9-18-20(11-13)14-6-4-5-7-14;/h8-9,11,14,16H,3-7,10H2,1-2H3;1H. The molecular weight excluding hydrogens is 286 g/mol. The van der Waals surface area contributed by atoms with Gasteiger partial charge in [0, 0.05) is 12.7 Å². The van der Waals surface area contributed by atoms with Gasteiger partial charge in [0.2, 0.25) is 0 Å². The van der Waals surface area contributed by atoms with Crippen LogP contribution in [0.5, 0.6) is 0 Å². The van der Waals surface area contributed by atoms with E-state index in [9.17, 15) is 0 Å². The highest BCUT2D eigenvalue weighted by molar-refractivity contribution is 5.85. The number of nitrogens with one attached hydrogen (secondary N) is 1. The Morgan fingerprint density at radius 2 is 2.00 bits per heavy atom. The molecule has 1 N–H and O–H groups in total. The molecule has 0 unspecified atom stereocenters. The van der Waals surface area contributed by atoms with Crippen molar-refractivity contribution in [3.05, 3.63) is 29.8 Å². The van der Waals surface area contributed by atoms with Crippen LogP contribution in [0.15, 0.2) is 18.6 Å². The second-order valence-corrected chi connectivity index (χ2v) is 5.59. The van der Waals surface area contributed by atoms with Crippen molar-refractivity contribution >= 4 is 18.1 Å². The quantitative estimate of drug-likeness (QED) is 0.918. The van der Waals surface area contributed by atoms with Gasteiger partial charge in [-0.1, -0.05) is 12.8 Å². The number of aryl methyl sites for hydroxylation is 2. The molecule has 5 nitrogen and oxygen atoms in total. The highest BCUT2D eigenvalue weighted by atomic mass is 35.5. The summed E-state index contributed by atoms with van der Waals surface area (Å²) in [5.41, 5.74) is 3.59. The van der Waals surface area contributed by atoms with Crippen molar-refractivity contribution in [1.29, 1.82) is 0 Å². The van der Waals surface area contributed by atoms with E-state index < -0.39 is 0 Å². The van der Waals surface area contributed by atoms with Gasteiger partial charge < -0.3 is 5.32 Å². The monoisotopic (exact) mass is 309 g/mol. The third kappa shape index (κ3) is 3.40. The molecule has 116 valence electrons. The highest BCUT2D eigenvalue weighted by Gasteiger charge is 2.17. The van der Waals surface area contributed by atoms with Crippen molar-refractivity contribution in [2.45, 2.75) is 58.7 Å². The van der Waals surface area contributed by atoms with Gasteiger partial charge in [-0.25, -0.2) is 0 Å². The Kier molecular flexibility index (Phi) is 5.28. The average molecular weight is 310 g/mol. The zero-order valence-electron chi connectivity index (χ0n) is 12.7. The predicted molar refractivity (Wildman–Crippen MR) is 86.9 cm³/mol. The number of anilines is 1. The molecule has 0 radical (unpaired) electrons. The molecule has 1 saturated carbocycles. The molecule has 0 bridgehead atoms. The maximum Gasteiger partial charge on any atom is 0.0729 e. The number of hydrogen-bond donors (Lipinski definition) is 1. The van der Waals surface area contributed by atoms with Crippen LogP contribution in [0.3, 0.4) is 0 Å². The summed E-state index contributed by atoms with van der Waals surface area (Å²) in [6.07, 6.45) is 11.2. The van der Waals surface area contributed by atoms with Crippen molar-refractivity contribution < 1.29 is 0 Å². The number of aromatic nitrogens is 4. The minimum absolute atomic E-state index is 0. The van der Waals surface area contributed by atoms with Crippen molar-refractivity contribution in [2.75, 3.05) is 5.32 Å². The first-order valence-electron chi connectivity index (χ1n) is 7.57. The third-order valence-electron chi connectivity index (χ3n) is 4.22. The lowest BCUT2D eigenvalue weighted by atomic mass is 10.2. The van der Waals surface area contributed by atoms with E-state index in [0.29, 0.717) is 6.04 Å². The van der Waals surface area contributed by atoms with Gasteiger partial charge in [-0.3, -0.25) is 9.36 Å². The molecule has 2 heterocycles.